The average molecular weight is 371 g/mol. The van der Waals surface area contributed by atoms with Gasteiger partial charge in [-0.2, -0.15) is 0 Å². The van der Waals surface area contributed by atoms with Gasteiger partial charge in [0.1, 0.15) is 7.82 Å². The molecule has 1 heterocycles. The lowest BCUT2D eigenvalue weighted by Gasteiger charge is -2.28. The van der Waals surface area contributed by atoms with Crippen molar-refractivity contribution in [1.29, 1.82) is 0 Å². The van der Waals surface area contributed by atoms with Crippen molar-refractivity contribution in [2.45, 2.75) is 0 Å². The molecule has 0 aliphatic carbocycles. The minimum Gasteiger partial charge on any atom is -0.780 e. The van der Waals surface area contributed by atoms with Gasteiger partial charge in [-0.05, 0) is 34.7 Å². The number of rotatable bonds is 2. The SMILES string of the molecule is O=P([O-])([O-])Oc1c[nH]c2ccc(I)c(Cl)c12. The van der Waals surface area contributed by atoms with Crippen LogP contribution < -0.4 is 14.3 Å². The molecule has 1 N–H and O–H groups in total. The molecule has 16 heavy (non-hydrogen) atoms. The average Bonchev–Trinajstić information content (AvgIpc) is 2.53. The van der Waals surface area contributed by atoms with Gasteiger partial charge in [-0.3, -0.25) is 0 Å². The third-order valence-corrected chi connectivity index (χ3v) is 3.94. The van der Waals surface area contributed by atoms with Crippen molar-refractivity contribution in [3.8, 4) is 5.75 Å². The minimum absolute atomic E-state index is 0.0770. The monoisotopic (exact) mass is 371 g/mol. The molecule has 0 unspecified atom stereocenters. The Labute approximate surface area is 109 Å². The molecule has 2 aromatic rings. The first-order valence-corrected chi connectivity index (χ1v) is 6.97. The molecule has 0 fully saturated rings. The van der Waals surface area contributed by atoms with E-state index in [1.54, 1.807) is 12.1 Å². The molecule has 8 heteroatoms. The zero-order valence-electron chi connectivity index (χ0n) is 7.57. The van der Waals surface area contributed by atoms with Crippen molar-refractivity contribution >= 4 is 52.9 Å². The summed E-state index contributed by atoms with van der Waals surface area (Å²) in [5.74, 6) is -0.0770. The highest BCUT2D eigenvalue weighted by molar-refractivity contribution is 14.1. The van der Waals surface area contributed by atoms with Crippen molar-refractivity contribution < 1.29 is 18.9 Å². The van der Waals surface area contributed by atoms with E-state index in [1.807, 2.05) is 22.6 Å². The number of phosphoric ester groups is 1. The third kappa shape index (κ3) is 2.36. The van der Waals surface area contributed by atoms with E-state index in [2.05, 4.69) is 9.51 Å². The first-order valence-electron chi connectivity index (χ1n) is 4.05. The second kappa shape index (κ2) is 4.19. The summed E-state index contributed by atoms with van der Waals surface area (Å²) in [6, 6.07) is 3.48. The topological polar surface area (TPSA) is 88.2 Å². The molecule has 0 spiro atoms. The maximum Gasteiger partial charge on any atom is 0.151 e. The van der Waals surface area contributed by atoms with Gasteiger partial charge in [0.25, 0.3) is 0 Å². The molecule has 0 aliphatic heterocycles. The molecule has 86 valence electrons. The van der Waals surface area contributed by atoms with Gasteiger partial charge in [0.05, 0.1) is 15.9 Å². The van der Waals surface area contributed by atoms with Crippen LogP contribution in [0.1, 0.15) is 0 Å². The summed E-state index contributed by atoms with van der Waals surface area (Å²) in [5.41, 5.74) is 0.605. The van der Waals surface area contributed by atoms with E-state index in [-0.39, 0.29) is 5.75 Å². The van der Waals surface area contributed by atoms with Gasteiger partial charge >= 0.3 is 0 Å². The number of halogens is 2. The van der Waals surface area contributed by atoms with E-state index in [0.29, 0.717) is 15.9 Å². The fourth-order valence-electron chi connectivity index (χ4n) is 1.32. The number of aromatic nitrogens is 1. The summed E-state index contributed by atoms with van der Waals surface area (Å²) in [7, 11) is -5.07. The standard InChI is InChI=1S/C8H6ClINO4P/c9-8-4(10)1-2-5-7(8)6(3-11-5)15-16(12,13)14/h1-3,11H,(H2,12,13,14)/p-2. The number of fused-ring (bicyclic) bond motifs is 1. The smallest absolute Gasteiger partial charge is 0.151 e. The van der Waals surface area contributed by atoms with E-state index in [0.717, 1.165) is 3.57 Å². The van der Waals surface area contributed by atoms with Gasteiger partial charge in [0, 0.05) is 9.77 Å². The number of hydrogen-bond donors (Lipinski definition) is 1. The molecular weight excluding hydrogens is 367 g/mol. The maximum atomic E-state index is 10.5. The Balaban J connectivity index is 2.63. The number of benzene rings is 1. The summed E-state index contributed by atoms with van der Waals surface area (Å²) in [4.78, 5) is 23.8. The quantitative estimate of drug-likeness (QED) is 0.642. The van der Waals surface area contributed by atoms with Gasteiger partial charge in [0.15, 0.2) is 5.75 Å². The van der Waals surface area contributed by atoms with Gasteiger partial charge < -0.3 is 23.9 Å². The summed E-state index contributed by atoms with van der Waals surface area (Å²) < 4.78 is 15.6. The Morgan fingerprint density at radius 3 is 2.75 bits per heavy atom. The number of H-pyrrole nitrogens is 1. The zero-order valence-corrected chi connectivity index (χ0v) is 11.4. The molecule has 0 atom stereocenters. The molecule has 0 bridgehead atoms. The van der Waals surface area contributed by atoms with Crippen molar-refractivity contribution in [2.75, 3.05) is 0 Å². The van der Waals surface area contributed by atoms with Crippen molar-refractivity contribution in [2.24, 2.45) is 0 Å². The van der Waals surface area contributed by atoms with Gasteiger partial charge in [-0.1, -0.05) is 11.6 Å². The molecule has 0 aliphatic rings. The van der Waals surface area contributed by atoms with Gasteiger partial charge in [-0.25, -0.2) is 0 Å². The normalized spacial score (nSPS) is 12.0. The second-order valence-electron chi connectivity index (χ2n) is 2.98. The van der Waals surface area contributed by atoms with E-state index < -0.39 is 7.82 Å². The lowest BCUT2D eigenvalue weighted by atomic mass is 10.2. The highest BCUT2D eigenvalue weighted by Gasteiger charge is 2.12. The van der Waals surface area contributed by atoms with Crippen LogP contribution in [0.15, 0.2) is 18.3 Å². The van der Waals surface area contributed by atoms with E-state index >= 15 is 0 Å². The lowest BCUT2D eigenvalue weighted by molar-refractivity contribution is -0.333. The highest BCUT2D eigenvalue weighted by atomic mass is 127. The van der Waals surface area contributed by atoms with E-state index in [1.165, 1.54) is 6.20 Å². The van der Waals surface area contributed by atoms with Crippen LogP contribution in [-0.4, -0.2) is 4.98 Å². The molecule has 5 nitrogen and oxygen atoms in total. The van der Waals surface area contributed by atoms with Crippen LogP contribution in [0.2, 0.25) is 5.02 Å². The van der Waals surface area contributed by atoms with Crippen LogP contribution >= 0.6 is 42.0 Å². The Morgan fingerprint density at radius 2 is 2.12 bits per heavy atom. The van der Waals surface area contributed by atoms with Crippen molar-refractivity contribution in [3.63, 3.8) is 0 Å². The van der Waals surface area contributed by atoms with Crippen molar-refractivity contribution in [3.05, 3.63) is 26.9 Å². The fraction of sp³-hybridized carbons (Fsp3) is 0. The van der Waals surface area contributed by atoms with Crippen LogP contribution in [0.3, 0.4) is 0 Å². The summed E-state index contributed by atoms with van der Waals surface area (Å²) >= 11 is 8.00. The van der Waals surface area contributed by atoms with Gasteiger partial charge in [-0.15, -0.1) is 0 Å². The molecule has 0 radical (unpaired) electrons. The van der Waals surface area contributed by atoms with Gasteiger partial charge in [0.2, 0.25) is 0 Å². The summed E-state index contributed by atoms with van der Waals surface area (Å²) in [6.07, 6.45) is 1.29. The Kier molecular flexibility index (Phi) is 3.20. The molecule has 1 aromatic heterocycles. The fourth-order valence-corrected chi connectivity index (χ4v) is 2.41. The molecule has 0 amide bonds. The Bertz CT molecular complexity index is 593. The number of hydrogen-bond acceptors (Lipinski definition) is 4. The highest BCUT2D eigenvalue weighted by Crippen LogP contribution is 2.39. The molecule has 0 saturated heterocycles. The van der Waals surface area contributed by atoms with Crippen molar-refractivity contribution in [1.82, 2.24) is 4.98 Å². The number of nitrogens with one attached hydrogen (secondary N) is 1. The van der Waals surface area contributed by atoms with Crippen LogP contribution in [0.4, 0.5) is 0 Å². The second-order valence-corrected chi connectivity index (χ2v) is 5.59. The molecule has 2 rings (SSSR count). The number of phosphoric acid groups is 1. The van der Waals surface area contributed by atoms with E-state index in [4.69, 9.17) is 11.6 Å². The Morgan fingerprint density at radius 1 is 1.44 bits per heavy atom. The zero-order chi connectivity index (χ0) is 11.9. The first kappa shape index (κ1) is 12.2. The minimum atomic E-state index is -5.07. The van der Waals surface area contributed by atoms with Crippen LogP contribution in [-0.2, 0) is 4.57 Å². The van der Waals surface area contributed by atoms with E-state index in [9.17, 15) is 14.4 Å². The Hall–Kier alpha value is -0.270. The third-order valence-electron chi connectivity index (χ3n) is 1.91. The van der Waals surface area contributed by atoms with Crippen LogP contribution in [0, 0.1) is 3.57 Å². The largest absolute Gasteiger partial charge is 0.780 e. The molecule has 0 saturated carbocycles. The maximum absolute atomic E-state index is 10.5. The lowest BCUT2D eigenvalue weighted by Crippen LogP contribution is -2.18. The molecular formula is C8H4ClINO4P-2. The first-order chi connectivity index (χ1) is 7.38. The predicted molar refractivity (Wildman–Crippen MR) is 64.3 cm³/mol. The van der Waals surface area contributed by atoms with Crippen LogP contribution in [0.5, 0.6) is 5.75 Å². The predicted octanol–water partition coefficient (Wildman–Crippen LogP) is 1.63. The van der Waals surface area contributed by atoms with Crippen LogP contribution in [0.25, 0.3) is 10.9 Å². The molecule has 1 aromatic carbocycles. The summed E-state index contributed by atoms with van der Waals surface area (Å²) in [6.45, 7) is 0. The number of aromatic amines is 1. The summed E-state index contributed by atoms with van der Waals surface area (Å²) in [5, 5.41) is 0.739.